The van der Waals surface area contributed by atoms with Gasteiger partial charge in [0.15, 0.2) is 0 Å². The van der Waals surface area contributed by atoms with Crippen LogP contribution in [0.25, 0.3) is 0 Å². The van der Waals surface area contributed by atoms with E-state index in [2.05, 4.69) is 10.6 Å². The fraction of sp³-hybridized carbons (Fsp3) is 0.167. The topological polar surface area (TPSA) is 61.4 Å². The fourth-order valence-electron chi connectivity index (χ4n) is 2.93. The SMILES string of the molecule is CC(NC(=O)c1ccc(N(C)C)cc1)c1ccc(NC(=O)c2ccc(F)cc2)cc1. The Morgan fingerprint density at radius 2 is 1.33 bits per heavy atom. The zero-order valence-electron chi connectivity index (χ0n) is 17.1. The number of hydrogen-bond acceptors (Lipinski definition) is 3. The summed E-state index contributed by atoms with van der Waals surface area (Å²) in [5, 5.41) is 5.75. The van der Waals surface area contributed by atoms with E-state index in [0.717, 1.165) is 11.3 Å². The molecule has 0 aliphatic rings. The summed E-state index contributed by atoms with van der Waals surface area (Å²) < 4.78 is 13.0. The summed E-state index contributed by atoms with van der Waals surface area (Å²) in [6.07, 6.45) is 0. The molecule has 0 spiro atoms. The van der Waals surface area contributed by atoms with Crippen molar-refractivity contribution in [1.82, 2.24) is 5.32 Å². The lowest BCUT2D eigenvalue weighted by Crippen LogP contribution is -2.26. The normalized spacial score (nSPS) is 11.5. The highest BCUT2D eigenvalue weighted by Gasteiger charge is 2.12. The molecule has 1 unspecified atom stereocenters. The Morgan fingerprint density at radius 1 is 0.800 bits per heavy atom. The van der Waals surface area contributed by atoms with E-state index < -0.39 is 0 Å². The van der Waals surface area contributed by atoms with Crippen LogP contribution in [0, 0.1) is 5.82 Å². The Hall–Kier alpha value is -3.67. The molecule has 6 heteroatoms. The molecule has 3 aromatic rings. The van der Waals surface area contributed by atoms with Gasteiger partial charge in [-0.3, -0.25) is 9.59 Å². The van der Waals surface area contributed by atoms with Crippen molar-refractivity contribution in [1.29, 1.82) is 0 Å². The lowest BCUT2D eigenvalue weighted by molar-refractivity contribution is 0.0939. The summed E-state index contributed by atoms with van der Waals surface area (Å²) >= 11 is 0. The lowest BCUT2D eigenvalue weighted by atomic mass is 10.1. The van der Waals surface area contributed by atoms with Gasteiger partial charge in [0.1, 0.15) is 5.82 Å². The first-order valence-electron chi connectivity index (χ1n) is 9.58. The van der Waals surface area contributed by atoms with E-state index >= 15 is 0 Å². The fourth-order valence-corrected chi connectivity index (χ4v) is 2.93. The highest BCUT2D eigenvalue weighted by molar-refractivity contribution is 6.04. The summed E-state index contributed by atoms with van der Waals surface area (Å²) in [5.74, 6) is -0.854. The Kier molecular flexibility index (Phi) is 6.47. The minimum absolute atomic E-state index is 0.151. The average molecular weight is 405 g/mol. The molecule has 0 saturated carbocycles. The second-order valence-electron chi connectivity index (χ2n) is 7.22. The molecule has 3 rings (SSSR count). The molecular formula is C24H24FN3O2. The van der Waals surface area contributed by atoms with Crippen LogP contribution in [0.5, 0.6) is 0 Å². The van der Waals surface area contributed by atoms with E-state index in [1.807, 2.05) is 50.2 Å². The molecule has 5 nitrogen and oxygen atoms in total. The van der Waals surface area contributed by atoms with E-state index in [1.54, 1.807) is 24.3 Å². The molecule has 1 atom stereocenters. The number of halogens is 1. The molecular weight excluding hydrogens is 381 g/mol. The molecule has 0 aliphatic heterocycles. The third-order valence-corrected chi connectivity index (χ3v) is 4.77. The average Bonchev–Trinajstić information content (AvgIpc) is 2.74. The first-order chi connectivity index (χ1) is 14.3. The zero-order valence-corrected chi connectivity index (χ0v) is 17.1. The molecule has 2 amide bonds. The highest BCUT2D eigenvalue weighted by atomic mass is 19.1. The Morgan fingerprint density at radius 3 is 1.90 bits per heavy atom. The van der Waals surface area contributed by atoms with E-state index in [0.29, 0.717) is 16.8 Å². The number of nitrogens with zero attached hydrogens (tertiary/aromatic N) is 1. The van der Waals surface area contributed by atoms with Crippen LogP contribution < -0.4 is 15.5 Å². The van der Waals surface area contributed by atoms with Crippen molar-refractivity contribution in [2.45, 2.75) is 13.0 Å². The first kappa shape index (κ1) is 21.0. The van der Waals surface area contributed by atoms with E-state index in [1.165, 1.54) is 24.3 Å². The van der Waals surface area contributed by atoms with Gasteiger partial charge in [-0.25, -0.2) is 4.39 Å². The lowest BCUT2D eigenvalue weighted by Gasteiger charge is -2.16. The van der Waals surface area contributed by atoms with Crippen LogP contribution in [-0.4, -0.2) is 25.9 Å². The molecule has 0 heterocycles. The van der Waals surface area contributed by atoms with Gasteiger partial charge in [-0.15, -0.1) is 0 Å². The van der Waals surface area contributed by atoms with Crippen LogP contribution in [0.2, 0.25) is 0 Å². The number of hydrogen-bond donors (Lipinski definition) is 2. The molecule has 0 aromatic heterocycles. The van der Waals surface area contributed by atoms with Gasteiger partial charge in [-0.05, 0) is 73.2 Å². The van der Waals surface area contributed by atoms with Crippen molar-refractivity contribution in [3.8, 4) is 0 Å². The molecule has 2 N–H and O–H groups in total. The molecule has 0 aliphatic carbocycles. The largest absolute Gasteiger partial charge is 0.378 e. The number of rotatable bonds is 6. The number of carbonyl (C=O) groups excluding carboxylic acids is 2. The van der Waals surface area contributed by atoms with Gasteiger partial charge in [-0.1, -0.05) is 12.1 Å². The number of amides is 2. The number of nitrogens with one attached hydrogen (secondary N) is 2. The molecule has 30 heavy (non-hydrogen) atoms. The Bertz CT molecular complexity index is 1010. The van der Waals surface area contributed by atoms with Crippen molar-refractivity contribution in [2.24, 2.45) is 0 Å². The van der Waals surface area contributed by atoms with Gasteiger partial charge in [-0.2, -0.15) is 0 Å². The monoisotopic (exact) mass is 405 g/mol. The molecule has 154 valence electrons. The van der Waals surface area contributed by atoms with Crippen molar-refractivity contribution in [3.63, 3.8) is 0 Å². The van der Waals surface area contributed by atoms with Crippen LogP contribution >= 0.6 is 0 Å². The second-order valence-corrected chi connectivity index (χ2v) is 7.22. The first-order valence-corrected chi connectivity index (χ1v) is 9.58. The van der Waals surface area contributed by atoms with Gasteiger partial charge in [0.2, 0.25) is 0 Å². The minimum Gasteiger partial charge on any atom is -0.378 e. The predicted molar refractivity (Wildman–Crippen MR) is 117 cm³/mol. The maximum Gasteiger partial charge on any atom is 0.255 e. The Labute approximate surface area is 175 Å². The molecule has 0 saturated heterocycles. The quantitative estimate of drug-likeness (QED) is 0.628. The van der Waals surface area contributed by atoms with E-state index in [9.17, 15) is 14.0 Å². The van der Waals surface area contributed by atoms with Gasteiger partial charge in [0.25, 0.3) is 11.8 Å². The highest BCUT2D eigenvalue weighted by Crippen LogP contribution is 2.18. The predicted octanol–water partition coefficient (Wildman–Crippen LogP) is 4.64. The summed E-state index contributed by atoms with van der Waals surface area (Å²) in [5.41, 5.74) is 3.52. The van der Waals surface area contributed by atoms with Crippen LogP contribution in [0.15, 0.2) is 72.8 Å². The number of carbonyl (C=O) groups is 2. The minimum atomic E-state index is -0.388. The Balaban J connectivity index is 1.60. The maximum atomic E-state index is 13.0. The van der Waals surface area contributed by atoms with Crippen LogP contribution in [0.3, 0.4) is 0 Å². The van der Waals surface area contributed by atoms with E-state index in [-0.39, 0.29) is 23.7 Å². The van der Waals surface area contributed by atoms with Gasteiger partial charge < -0.3 is 15.5 Å². The molecule has 3 aromatic carbocycles. The zero-order chi connectivity index (χ0) is 21.7. The number of anilines is 2. The van der Waals surface area contributed by atoms with Crippen LogP contribution in [0.1, 0.15) is 39.2 Å². The maximum absolute atomic E-state index is 13.0. The van der Waals surface area contributed by atoms with Crippen LogP contribution in [-0.2, 0) is 0 Å². The van der Waals surface area contributed by atoms with Gasteiger partial charge in [0, 0.05) is 36.6 Å². The van der Waals surface area contributed by atoms with Crippen molar-refractivity contribution in [3.05, 3.63) is 95.3 Å². The van der Waals surface area contributed by atoms with Crippen molar-refractivity contribution < 1.29 is 14.0 Å². The summed E-state index contributed by atoms with van der Waals surface area (Å²) in [4.78, 5) is 26.7. The van der Waals surface area contributed by atoms with Crippen LogP contribution in [0.4, 0.5) is 15.8 Å². The van der Waals surface area contributed by atoms with Crippen molar-refractivity contribution >= 4 is 23.2 Å². The summed E-state index contributed by atoms with van der Waals surface area (Å²) in [6, 6.07) is 19.8. The second kappa shape index (κ2) is 9.22. The molecule has 0 radical (unpaired) electrons. The summed E-state index contributed by atoms with van der Waals surface area (Å²) in [6.45, 7) is 1.90. The standard InChI is InChI=1S/C24H24FN3O2/c1-16(26-23(29)19-8-14-22(15-9-19)28(2)3)17-6-12-21(13-7-17)27-24(30)18-4-10-20(25)11-5-18/h4-16H,1-3H3,(H,26,29)(H,27,30). The molecule has 0 bridgehead atoms. The third-order valence-electron chi connectivity index (χ3n) is 4.77. The van der Waals surface area contributed by atoms with Crippen molar-refractivity contribution in [2.75, 3.05) is 24.3 Å². The number of benzene rings is 3. The van der Waals surface area contributed by atoms with E-state index in [4.69, 9.17) is 0 Å². The summed E-state index contributed by atoms with van der Waals surface area (Å²) in [7, 11) is 3.89. The smallest absolute Gasteiger partial charge is 0.255 e. The molecule has 0 fully saturated rings. The van der Waals surface area contributed by atoms with Gasteiger partial charge in [0.05, 0.1) is 6.04 Å². The van der Waals surface area contributed by atoms with Gasteiger partial charge >= 0.3 is 0 Å². The third kappa shape index (κ3) is 5.23.